The Morgan fingerprint density at radius 1 is 1.33 bits per heavy atom. The number of nitrogens with zero attached hydrogens (tertiary/aromatic N) is 1. The van der Waals surface area contributed by atoms with Crippen molar-refractivity contribution in [3.63, 3.8) is 0 Å². The molecule has 2 rings (SSSR count). The molecule has 0 atom stereocenters. The molecule has 0 radical (unpaired) electrons. The third kappa shape index (κ3) is 5.12. The van der Waals surface area contributed by atoms with Crippen molar-refractivity contribution >= 4 is 27.9 Å². The van der Waals surface area contributed by atoms with E-state index in [0.717, 1.165) is 15.8 Å². The lowest BCUT2D eigenvalue weighted by molar-refractivity contribution is -0.135. The normalized spacial score (nSPS) is 14.8. The molecule has 1 aromatic carbocycles. The molecule has 1 N–H and O–H groups in total. The Bertz CT molecular complexity index is 622. The van der Waals surface area contributed by atoms with Crippen molar-refractivity contribution in [1.82, 2.24) is 10.2 Å². The number of amides is 2. The van der Waals surface area contributed by atoms with Crippen LogP contribution in [0.15, 0.2) is 22.7 Å². The van der Waals surface area contributed by atoms with Crippen LogP contribution >= 0.6 is 15.9 Å². The molecule has 7 heteroatoms. The Kier molecular flexibility index (Phi) is 5.74. The fraction of sp³-hybridized carbons (Fsp3) is 0.529. The second kappa shape index (κ2) is 7.42. The van der Waals surface area contributed by atoms with E-state index in [9.17, 15) is 9.59 Å². The van der Waals surface area contributed by atoms with Gasteiger partial charge in [0.1, 0.15) is 11.4 Å². The summed E-state index contributed by atoms with van der Waals surface area (Å²) < 4.78 is 11.2. The van der Waals surface area contributed by atoms with E-state index < -0.39 is 11.7 Å². The van der Waals surface area contributed by atoms with Crippen molar-refractivity contribution in [2.75, 3.05) is 20.2 Å². The summed E-state index contributed by atoms with van der Waals surface area (Å²) in [7, 11) is 1.60. The molecule has 0 saturated carbocycles. The number of carbonyl (C=O) groups is 2. The third-order valence-electron chi connectivity index (χ3n) is 3.53. The van der Waals surface area contributed by atoms with Gasteiger partial charge in [0.05, 0.1) is 24.0 Å². The van der Waals surface area contributed by atoms with E-state index in [1.54, 1.807) is 12.0 Å². The van der Waals surface area contributed by atoms with Gasteiger partial charge in [0, 0.05) is 13.1 Å². The summed E-state index contributed by atoms with van der Waals surface area (Å²) in [5.74, 6) is 0.770. The predicted molar refractivity (Wildman–Crippen MR) is 94.1 cm³/mol. The quantitative estimate of drug-likeness (QED) is 0.846. The van der Waals surface area contributed by atoms with E-state index >= 15 is 0 Å². The predicted octanol–water partition coefficient (Wildman–Crippen LogP) is 2.74. The molecular weight excluding hydrogens is 376 g/mol. The zero-order valence-electron chi connectivity index (χ0n) is 14.4. The number of hydrogen-bond acceptors (Lipinski definition) is 4. The molecule has 0 unspecified atom stereocenters. The van der Waals surface area contributed by atoms with Crippen LogP contribution in [0.3, 0.4) is 0 Å². The Labute approximate surface area is 150 Å². The zero-order valence-corrected chi connectivity index (χ0v) is 16.0. The maximum atomic E-state index is 12.3. The van der Waals surface area contributed by atoms with Crippen molar-refractivity contribution in [3.8, 4) is 5.75 Å². The van der Waals surface area contributed by atoms with Crippen molar-refractivity contribution in [2.45, 2.75) is 38.8 Å². The van der Waals surface area contributed by atoms with E-state index in [-0.39, 0.29) is 11.9 Å². The fourth-order valence-electron chi connectivity index (χ4n) is 2.35. The van der Waals surface area contributed by atoms with Crippen molar-refractivity contribution in [3.05, 3.63) is 28.2 Å². The van der Waals surface area contributed by atoms with Gasteiger partial charge < -0.3 is 19.7 Å². The lowest BCUT2D eigenvalue weighted by Crippen LogP contribution is -2.61. The summed E-state index contributed by atoms with van der Waals surface area (Å²) in [6.07, 6.45) is -0.124. The van der Waals surface area contributed by atoms with E-state index in [1.807, 2.05) is 39.0 Å². The number of rotatable bonds is 4. The fourth-order valence-corrected chi connectivity index (χ4v) is 2.94. The van der Waals surface area contributed by atoms with Crippen LogP contribution in [0.2, 0.25) is 0 Å². The van der Waals surface area contributed by atoms with Crippen LogP contribution in [-0.4, -0.2) is 48.7 Å². The number of hydrogen-bond donors (Lipinski definition) is 1. The van der Waals surface area contributed by atoms with E-state index in [0.29, 0.717) is 19.5 Å². The summed E-state index contributed by atoms with van der Waals surface area (Å²) in [5.41, 5.74) is 0.390. The number of benzene rings is 1. The van der Waals surface area contributed by atoms with Gasteiger partial charge in [0.2, 0.25) is 5.91 Å². The molecule has 0 aromatic heterocycles. The first kappa shape index (κ1) is 18.6. The van der Waals surface area contributed by atoms with Crippen LogP contribution < -0.4 is 10.1 Å². The lowest BCUT2D eigenvalue weighted by Gasteiger charge is -2.39. The number of alkyl carbamates (subject to hydrolysis) is 1. The molecule has 132 valence electrons. The number of carbonyl (C=O) groups excluding carboxylic acids is 2. The first-order valence-corrected chi connectivity index (χ1v) is 8.57. The van der Waals surface area contributed by atoms with E-state index in [2.05, 4.69) is 21.2 Å². The van der Waals surface area contributed by atoms with Crippen LogP contribution in [0, 0.1) is 0 Å². The summed E-state index contributed by atoms with van der Waals surface area (Å²) in [6, 6.07) is 5.53. The number of methoxy groups -OCH3 is 1. The molecule has 1 aromatic rings. The Hall–Kier alpha value is -1.76. The van der Waals surface area contributed by atoms with Gasteiger partial charge in [-0.2, -0.15) is 0 Å². The number of halogens is 1. The number of likely N-dealkylation sites (tertiary alicyclic amines) is 1. The van der Waals surface area contributed by atoms with Crippen molar-refractivity contribution in [1.29, 1.82) is 0 Å². The molecule has 24 heavy (non-hydrogen) atoms. The SMILES string of the molecule is COc1ccc(CC(=O)N2CC(NC(=O)OC(C)(C)C)C2)cc1Br. The average Bonchev–Trinajstić information content (AvgIpc) is 2.40. The summed E-state index contributed by atoms with van der Waals surface area (Å²) in [6.45, 7) is 6.47. The molecule has 1 fully saturated rings. The molecule has 6 nitrogen and oxygen atoms in total. The van der Waals surface area contributed by atoms with Crippen LogP contribution in [0.25, 0.3) is 0 Å². The maximum Gasteiger partial charge on any atom is 0.407 e. The van der Waals surface area contributed by atoms with Crippen molar-refractivity contribution < 1.29 is 19.1 Å². The molecular formula is C17H23BrN2O4. The van der Waals surface area contributed by atoms with Gasteiger partial charge in [-0.3, -0.25) is 4.79 Å². The lowest BCUT2D eigenvalue weighted by atomic mass is 10.1. The van der Waals surface area contributed by atoms with Gasteiger partial charge in [0.15, 0.2) is 0 Å². The highest BCUT2D eigenvalue weighted by Gasteiger charge is 2.32. The standard InChI is InChI=1S/C17H23BrN2O4/c1-17(2,3)24-16(22)19-12-9-20(10-12)15(21)8-11-5-6-14(23-4)13(18)7-11/h5-7,12H,8-10H2,1-4H3,(H,19,22). The van der Waals surface area contributed by atoms with Crippen molar-refractivity contribution in [2.24, 2.45) is 0 Å². The van der Waals surface area contributed by atoms with Crippen LogP contribution in [0.1, 0.15) is 26.3 Å². The second-order valence-electron chi connectivity index (χ2n) is 6.79. The third-order valence-corrected chi connectivity index (χ3v) is 4.15. The highest BCUT2D eigenvalue weighted by molar-refractivity contribution is 9.10. The highest BCUT2D eigenvalue weighted by atomic mass is 79.9. The molecule has 2 amide bonds. The van der Waals surface area contributed by atoms with Gasteiger partial charge in [-0.15, -0.1) is 0 Å². The molecule has 1 heterocycles. The summed E-state index contributed by atoms with van der Waals surface area (Å²) in [5, 5.41) is 2.77. The molecule has 0 aliphatic carbocycles. The van der Waals surface area contributed by atoms with E-state index in [1.165, 1.54) is 0 Å². The highest BCUT2D eigenvalue weighted by Crippen LogP contribution is 2.26. The number of nitrogens with one attached hydrogen (secondary N) is 1. The average molecular weight is 399 g/mol. The van der Waals surface area contributed by atoms with Gasteiger partial charge in [-0.25, -0.2) is 4.79 Å². The van der Waals surface area contributed by atoms with E-state index in [4.69, 9.17) is 9.47 Å². The minimum atomic E-state index is -0.523. The zero-order chi connectivity index (χ0) is 17.9. The largest absolute Gasteiger partial charge is 0.496 e. The Morgan fingerprint density at radius 2 is 2.00 bits per heavy atom. The van der Waals surface area contributed by atoms with Gasteiger partial charge in [0.25, 0.3) is 0 Å². The smallest absolute Gasteiger partial charge is 0.407 e. The molecule has 0 spiro atoms. The molecule has 0 bridgehead atoms. The first-order chi connectivity index (χ1) is 11.2. The summed E-state index contributed by atoms with van der Waals surface area (Å²) in [4.78, 5) is 25.7. The van der Waals surface area contributed by atoms with Gasteiger partial charge in [-0.1, -0.05) is 6.07 Å². The first-order valence-electron chi connectivity index (χ1n) is 7.77. The number of ether oxygens (including phenoxy) is 2. The molecule has 1 aliphatic rings. The van der Waals surface area contributed by atoms with Crippen LogP contribution in [0.4, 0.5) is 4.79 Å². The molecule has 1 saturated heterocycles. The van der Waals surface area contributed by atoms with Gasteiger partial charge >= 0.3 is 6.09 Å². The van der Waals surface area contributed by atoms with Crippen LogP contribution in [0.5, 0.6) is 5.75 Å². The minimum absolute atomic E-state index is 0.0364. The Balaban J connectivity index is 1.78. The Morgan fingerprint density at radius 3 is 2.54 bits per heavy atom. The van der Waals surface area contributed by atoms with Gasteiger partial charge in [-0.05, 0) is 54.4 Å². The molecule has 1 aliphatic heterocycles. The monoisotopic (exact) mass is 398 g/mol. The second-order valence-corrected chi connectivity index (χ2v) is 7.64. The van der Waals surface area contributed by atoms with Crippen LogP contribution in [-0.2, 0) is 16.0 Å². The summed E-state index contributed by atoms with van der Waals surface area (Å²) >= 11 is 3.41. The minimum Gasteiger partial charge on any atom is -0.496 e. The topological polar surface area (TPSA) is 67.9 Å². The maximum absolute atomic E-state index is 12.3.